The second kappa shape index (κ2) is 6.52. The van der Waals surface area contributed by atoms with Crippen LogP contribution in [0.5, 0.6) is 0 Å². The van der Waals surface area contributed by atoms with E-state index >= 15 is 0 Å². The summed E-state index contributed by atoms with van der Waals surface area (Å²) < 4.78 is 0. The molecule has 0 saturated heterocycles. The minimum absolute atomic E-state index is 0.0869. The van der Waals surface area contributed by atoms with Crippen LogP contribution in [0.1, 0.15) is 39.2 Å². The fourth-order valence-corrected chi connectivity index (χ4v) is 2.93. The van der Waals surface area contributed by atoms with Gasteiger partial charge in [-0.05, 0) is 36.8 Å². The zero-order valence-electron chi connectivity index (χ0n) is 12.8. The molecule has 2 amide bonds. The van der Waals surface area contributed by atoms with Gasteiger partial charge < -0.3 is 5.32 Å². The van der Waals surface area contributed by atoms with Crippen molar-refractivity contribution in [1.82, 2.24) is 10.2 Å². The molecule has 1 aliphatic heterocycles. The number of imide groups is 1. The first kappa shape index (κ1) is 15.7. The topological polar surface area (TPSA) is 49.4 Å². The Morgan fingerprint density at radius 2 is 1.70 bits per heavy atom. The van der Waals surface area contributed by atoms with E-state index in [1.54, 1.807) is 24.3 Å². The van der Waals surface area contributed by atoms with E-state index in [1.165, 1.54) is 4.90 Å². The van der Waals surface area contributed by atoms with Gasteiger partial charge in [-0.1, -0.05) is 35.9 Å². The molecule has 2 aromatic rings. The molecule has 5 heteroatoms. The molecule has 1 atom stereocenters. The molecule has 2 aromatic carbocycles. The van der Waals surface area contributed by atoms with Gasteiger partial charge in [0.1, 0.15) is 0 Å². The fraction of sp³-hybridized carbons (Fsp3) is 0.222. The number of hydrogen-bond donors (Lipinski definition) is 1. The van der Waals surface area contributed by atoms with Gasteiger partial charge in [0, 0.05) is 24.2 Å². The zero-order chi connectivity index (χ0) is 16.4. The van der Waals surface area contributed by atoms with E-state index in [-0.39, 0.29) is 17.9 Å². The third-order valence-corrected chi connectivity index (χ3v) is 4.25. The Labute approximate surface area is 140 Å². The zero-order valence-corrected chi connectivity index (χ0v) is 13.5. The molecule has 0 aromatic heterocycles. The van der Waals surface area contributed by atoms with Gasteiger partial charge in [-0.25, -0.2) is 0 Å². The van der Waals surface area contributed by atoms with Crippen LogP contribution in [0.25, 0.3) is 0 Å². The standard InChI is InChI=1S/C18H17ClN2O2/c1-12(13-5-4-6-14(19)11-13)20-9-10-21-17(22)15-7-2-3-8-16(15)18(21)23/h2-8,11-12,20H,9-10H2,1H3/t12-/m0/s1. The lowest BCUT2D eigenvalue weighted by molar-refractivity contribution is 0.0654. The van der Waals surface area contributed by atoms with Crippen LogP contribution in [-0.2, 0) is 0 Å². The van der Waals surface area contributed by atoms with Gasteiger partial charge >= 0.3 is 0 Å². The fourth-order valence-electron chi connectivity index (χ4n) is 2.73. The minimum Gasteiger partial charge on any atom is -0.308 e. The van der Waals surface area contributed by atoms with E-state index in [0.29, 0.717) is 29.2 Å². The van der Waals surface area contributed by atoms with Crippen LogP contribution in [0.15, 0.2) is 48.5 Å². The molecular formula is C18H17ClN2O2. The van der Waals surface area contributed by atoms with Crippen LogP contribution < -0.4 is 5.32 Å². The van der Waals surface area contributed by atoms with Crippen molar-refractivity contribution >= 4 is 23.4 Å². The minimum atomic E-state index is -0.220. The quantitative estimate of drug-likeness (QED) is 0.857. The van der Waals surface area contributed by atoms with Gasteiger partial charge in [0.05, 0.1) is 11.1 Å². The number of rotatable bonds is 5. The molecule has 0 aliphatic carbocycles. The van der Waals surface area contributed by atoms with Crippen LogP contribution >= 0.6 is 11.6 Å². The van der Waals surface area contributed by atoms with Crippen molar-refractivity contribution < 1.29 is 9.59 Å². The maximum Gasteiger partial charge on any atom is 0.261 e. The van der Waals surface area contributed by atoms with Crippen molar-refractivity contribution in [1.29, 1.82) is 0 Å². The van der Waals surface area contributed by atoms with Gasteiger partial charge in [0.15, 0.2) is 0 Å². The SMILES string of the molecule is C[C@H](NCCN1C(=O)c2ccccc2C1=O)c1cccc(Cl)c1. The number of nitrogens with one attached hydrogen (secondary N) is 1. The Morgan fingerprint density at radius 1 is 1.04 bits per heavy atom. The molecule has 0 unspecified atom stereocenters. The maximum atomic E-state index is 12.3. The summed E-state index contributed by atoms with van der Waals surface area (Å²) in [4.78, 5) is 25.8. The Balaban J connectivity index is 1.60. The number of nitrogens with zero attached hydrogens (tertiary/aromatic N) is 1. The van der Waals surface area contributed by atoms with E-state index in [9.17, 15) is 9.59 Å². The van der Waals surface area contributed by atoms with Crippen LogP contribution in [0.4, 0.5) is 0 Å². The summed E-state index contributed by atoms with van der Waals surface area (Å²) in [5.74, 6) is -0.439. The van der Waals surface area contributed by atoms with Crippen molar-refractivity contribution in [2.45, 2.75) is 13.0 Å². The summed E-state index contributed by atoms with van der Waals surface area (Å²) in [7, 11) is 0. The molecule has 0 spiro atoms. The highest BCUT2D eigenvalue weighted by molar-refractivity contribution is 6.30. The Bertz CT molecular complexity index is 725. The highest BCUT2D eigenvalue weighted by atomic mass is 35.5. The maximum absolute atomic E-state index is 12.3. The molecule has 4 nitrogen and oxygen atoms in total. The number of halogens is 1. The van der Waals surface area contributed by atoms with E-state index < -0.39 is 0 Å². The lowest BCUT2D eigenvalue weighted by atomic mass is 10.1. The van der Waals surface area contributed by atoms with E-state index in [4.69, 9.17) is 11.6 Å². The van der Waals surface area contributed by atoms with Crippen LogP contribution in [0.2, 0.25) is 5.02 Å². The van der Waals surface area contributed by atoms with Crippen molar-refractivity contribution in [2.75, 3.05) is 13.1 Å². The average Bonchev–Trinajstić information content (AvgIpc) is 2.80. The first-order chi connectivity index (χ1) is 11.1. The molecule has 1 aliphatic rings. The number of carbonyl (C=O) groups is 2. The van der Waals surface area contributed by atoms with Crippen molar-refractivity contribution in [3.63, 3.8) is 0 Å². The number of fused-ring (bicyclic) bond motifs is 1. The molecule has 1 N–H and O–H groups in total. The summed E-state index contributed by atoms with van der Waals surface area (Å²) in [5.41, 5.74) is 2.04. The molecule has 0 radical (unpaired) electrons. The number of hydrogen-bond acceptors (Lipinski definition) is 3. The second-order valence-electron chi connectivity index (χ2n) is 5.54. The van der Waals surface area contributed by atoms with Crippen molar-refractivity contribution in [2.24, 2.45) is 0 Å². The van der Waals surface area contributed by atoms with Crippen LogP contribution in [0.3, 0.4) is 0 Å². The van der Waals surface area contributed by atoms with Crippen molar-refractivity contribution in [3.05, 3.63) is 70.2 Å². The molecule has 0 saturated carbocycles. The Hall–Kier alpha value is -2.17. The second-order valence-corrected chi connectivity index (χ2v) is 5.97. The summed E-state index contributed by atoms with van der Waals surface area (Å²) >= 11 is 5.99. The number of amides is 2. The third kappa shape index (κ3) is 3.14. The Morgan fingerprint density at radius 3 is 2.30 bits per heavy atom. The molecule has 1 heterocycles. The Kier molecular flexibility index (Phi) is 4.46. The normalized spacial score (nSPS) is 15.0. The first-order valence-electron chi connectivity index (χ1n) is 7.52. The van der Waals surface area contributed by atoms with E-state index in [1.807, 2.05) is 31.2 Å². The predicted octanol–water partition coefficient (Wildman–Crippen LogP) is 3.29. The smallest absolute Gasteiger partial charge is 0.261 e. The monoisotopic (exact) mass is 328 g/mol. The summed E-state index contributed by atoms with van der Waals surface area (Å²) in [6.07, 6.45) is 0. The summed E-state index contributed by atoms with van der Waals surface area (Å²) in [6, 6.07) is 14.6. The van der Waals surface area contributed by atoms with Gasteiger partial charge in [0.25, 0.3) is 11.8 Å². The van der Waals surface area contributed by atoms with Gasteiger partial charge in [-0.2, -0.15) is 0 Å². The van der Waals surface area contributed by atoms with Crippen LogP contribution in [-0.4, -0.2) is 29.8 Å². The third-order valence-electron chi connectivity index (χ3n) is 4.01. The summed E-state index contributed by atoms with van der Waals surface area (Å²) in [5, 5.41) is 4.01. The van der Waals surface area contributed by atoms with Gasteiger partial charge in [-0.3, -0.25) is 14.5 Å². The van der Waals surface area contributed by atoms with E-state index in [0.717, 1.165) is 5.56 Å². The van der Waals surface area contributed by atoms with Gasteiger partial charge in [0.2, 0.25) is 0 Å². The predicted molar refractivity (Wildman–Crippen MR) is 89.7 cm³/mol. The van der Waals surface area contributed by atoms with Gasteiger partial charge in [-0.15, -0.1) is 0 Å². The van der Waals surface area contributed by atoms with Crippen LogP contribution in [0, 0.1) is 0 Å². The lowest BCUT2D eigenvalue weighted by Gasteiger charge is -2.18. The molecule has 0 fully saturated rings. The molecule has 3 rings (SSSR count). The molecular weight excluding hydrogens is 312 g/mol. The lowest BCUT2D eigenvalue weighted by Crippen LogP contribution is -2.36. The molecule has 118 valence electrons. The summed E-state index contributed by atoms with van der Waals surface area (Å²) in [6.45, 7) is 2.89. The van der Waals surface area contributed by atoms with E-state index in [2.05, 4.69) is 5.32 Å². The highest BCUT2D eigenvalue weighted by Crippen LogP contribution is 2.22. The molecule has 0 bridgehead atoms. The average molecular weight is 329 g/mol. The first-order valence-corrected chi connectivity index (χ1v) is 7.90. The number of carbonyl (C=O) groups excluding carboxylic acids is 2. The largest absolute Gasteiger partial charge is 0.308 e. The number of benzene rings is 2. The highest BCUT2D eigenvalue weighted by Gasteiger charge is 2.34. The molecule has 23 heavy (non-hydrogen) atoms. The van der Waals surface area contributed by atoms with Crippen molar-refractivity contribution in [3.8, 4) is 0 Å².